The van der Waals surface area contributed by atoms with Gasteiger partial charge in [-0.15, -0.1) is 33.2 Å². The van der Waals surface area contributed by atoms with Crippen LogP contribution in [0.3, 0.4) is 0 Å². The summed E-state index contributed by atoms with van der Waals surface area (Å²) in [6.45, 7) is 4.23. The highest BCUT2D eigenvalue weighted by molar-refractivity contribution is 7.64. The van der Waals surface area contributed by atoms with Crippen molar-refractivity contribution in [2.24, 2.45) is 0 Å². The molecule has 0 radical (unpaired) electrons. The summed E-state index contributed by atoms with van der Waals surface area (Å²) in [5.41, 5.74) is 0. The molecule has 0 aromatic carbocycles. The van der Waals surface area contributed by atoms with Crippen LogP contribution in [0.4, 0.5) is 0 Å². The molecule has 3 nitrogen and oxygen atoms in total. The molecule has 0 rings (SSSR count). The minimum absolute atomic E-state index is 0.800. The lowest BCUT2D eigenvalue weighted by Gasteiger charge is -2.23. The van der Waals surface area contributed by atoms with Gasteiger partial charge in [0.2, 0.25) is 0 Å². The van der Waals surface area contributed by atoms with E-state index in [1.807, 2.05) is 0 Å². The van der Waals surface area contributed by atoms with Gasteiger partial charge in [-0.25, -0.2) is 0 Å². The Hall–Kier alpha value is 1.18. The SMILES string of the molecule is CCCC[Si](Cl)(Cl)Cl.CCCC[Si](OC)(OC)OC. The van der Waals surface area contributed by atoms with Crippen molar-refractivity contribution in [2.45, 2.75) is 51.6 Å². The highest BCUT2D eigenvalue weighted by atomic mass is 35.8. The highest BCUT2D eigenvalue weighted by Crippen LogP contribution is 2.26. The van der Waals surface area contributed by atoms with Gasteiger partial charge in [-0.1, -0.05) is 33.1 Å². The Kier molecular flexibility index (Phi) is 15.2. The average Bonchev–Trinajstić information content (AvgIpc) is 2.39. The van der Waals surface area contributed by atoms with E-state index in [2.05, 4.69) is 13.8 Å². The van der Waals surface area contributed by atoms with Crippen molar-refractivity contribution in [3.8, 4) is 0 Å². The van der Waals surface area contributed by atoms with Gasteiger partial charge < -0.3 is 13.3 Å². The summed E-state index contributed by atoms with van der Waals surface area (Å²) >= 11 is 16.7. The van der Waals surface area contributed by atoms with Crippen molar-refractivity contribution in [2.75, 3.05) is 21.3 Å². The van der Waals surface area contributed by atoms with Crippen LogP contribution in [0.1, 0.15) is 39.5 Å². The van der Waals surface area contributed by atoms with Gasteiger partial charge in [0.05, 0.1) is 0 Å². The van der Waals surface area contributed by atoms with Crippen LogP contribution in [-0.2, 0) is 13.3 Å². The zero-order chi connectivity index (χ0) is 15.4. The highest BCUT2D eigenvalue weighted by Gasteiger charge is 2.36. The molecule has 0 heterocycles. The van der Waals surface area contributed by atoms with Gasteiger partial charge in [0, 0.05) is 27.4 Å². The summed E-state index contributed by atoms with van der Waals surface area (Å²) in [6, 6.07) is -0.552. The molecule has 19 heavy (non-hydrogen) atoms. The molecule has 0 fully saturated rings. The minimum Gasteiger partial charge on any atom is -0.377 e. The number of unbranched alkanes of at least 4 members (excludes halogenated alkanes) is 2. The van der Waals surface area contributed by atoms with Crippen LogP contribution >= 0.6 is 33.2 Å². The summed E-state index contributed by atoms with van der Waals surface area (Å²) in [6.07, 6.45) is 4.40. The van der Waals surface area contributed by atoms with Crippen molar-refractivity contribution < 1.29 is 13.3 Å². The molecule has 0 amide bonds. The van der Waals surface area contributed by atoms with Crippen LogP contribution in [0.15, 0.2) is 0 Å². The maximum atomic E-state index is 5.58. The van der Waals surface area contributed by atoms with E-state index in [-0.39, 0.29) is 0 Å². The molecule has 8 heteroatoms. The fraction of sp³-hybridized carbons (Fsp3) is 1.00. The zero-order valence-corrected chi connectivity index (χ0v) is 16.9. The van der Waals surface area contributed by atoms with Crippen LogP contribution < -0.4 is 0 Å². The maximum Gasteiger partial charge on any atom is 0.500 e. The van der Waals surface area contributed by atoms with Crippen molar-refractivity contribution in [3.63, 3.8) is 0 Å². The van der Waals surface area contributed by atoms with Crippen molar-refractivity contribution in [1.29, 1.82) is 0 Å². The van der Waals surface area contributed by atoms with E-state index in [1.165, 1.54) is 0 Å². The van der Waals surface area contributed by atoms with Crippen molar-refractivity contribution in [3.05, 3.63) is 0 Å². The Balaban J connectivity index is 0. The van der Waals surface area contributed by atoms with Crippen LogP contribution in [0.2, 0.25) is 12.1 Å². The Morgan fingerprint density at radius 1 is 0.737 bits per heavy atom. The molecule has 0 aliphatic carbocycles. The first kappa shape index (κ1) is 22.5. The van der Waals surface area contributed by atoms with Gasteiger partial charge >= 0.3 is 14.8 Å². The van der Waals surface area contributed by atoms with Gasteiger partial charge in [0.1, 0.15) is 0 Å². The van der Waals surface area contributed by atoms with E-state index >= 15 is 0 Å². The largest absolute Gasteiger partial charge is 0.500 e. The van der Waals surface area contributed by atoms with Gasteiger partial charge in [0.25, 0.3) is 0 Å². The molecule has 0 bridgehead atoms. The third kappa shape index (κ3) is 13.9. The molecule has 0 aliphatic rings. The van der Waals surface area contributed by atoms with E-state index in [0.717, 1.165) is 37.8 Å². The second-order valence-electron chi connectivity index (χ2n) is 4.12. The quantitative estimate of drug-likeness (QED) is 0.417. The molecule has 0 aromatic heterocycles. The van der Waals surface area contributed by atoms with E-state index in [0.29, 0.717) is 0 Å². The predicted molar refractivity (Wildman–Crippen MR) is 89.5 cm³/mol. The van der Waals surface area contributed by atoms with Crippen LogP contribution in [0, 0.1) is 0 Å². The number of hydrogen-bond acceptors (Lipinski definition) is 3. The number of hydrogen-bond donors (Lipinski definition) is 0. The number of rotatable bonds is 9. The third-order valence-corrected chi connectivity index (χ3v) is 8.04. The first-order valence-electron chi connectivity index (χ1n) is 6.53. The lowest BCUT2D eigenvalue weighted by Crippen LogP contribution is -2.42. The Bertz CT molecular complexity index is 192. The van der Waals surface area contributed by atoms with Gasteiger partial charge in [-0.2, -0.15) is 0 Å². The molecule has 0 N–H and O–H groups in total. The van der Waals surface area contributed by atoms with E-state index in [4.69, 9.17) is 46.5 Å². The zero-order valence-electron chi connectivity index (χ0n) is 12.6. The molecule has 0 unspecified atom stereocenters. The maximum absolute atomic E-state index is 5.58. The molecule has 118 valence electrons. The standard InChI is InChI=1S/C7H18O3Si.C4H9Cl3Si/c1-5-6-7-11(8-2,9-3)10-4;1-2-3-4-8(5,6)7/h5-7H2,1-4H3;2-4H2,1H3. The monoisotopic (exact) mass is 368 g/mol. The van der Waals surface area contributed by atoms with Crippen molar-refractivity contribution in [1.82, 2.24) is 0 Å². The van der Waals surface area contributed by atoms with Gasteiger partial charge in [0.15, 0.2) is 0 Å². The summed E-state index contributed by atoms with van der Waals surface area (Å²) in [5.74, 6) is 0. The third-order valence-electron chi connectivity index (χ3n) is 2.58. The molecule has 0 saturated carbocycles. The Morgan fingerprint density at radius 2 is 1.11 bits per heavy atom. The van der Waals surface area contributed by atoms with Gasteiger partial charge in [-0.05, 0) is 12.5 Å². The molecule has 0 aromatic rings. The Labute approximate surface area is 134 Å². The van der Waals surface area contributed by atoms with Gasteiger partial charge in [-0.3, -0.25) is 0 Å². The van der Waals surface area contributed by atoms with Crippen LogP contribution in [0.25, 0.3) is 0 Å². The molecule has 0 saturated heterocycles. The summed E-state index contributed by atoms with van der Waals surface area (Å²) in [7, 11) is 2.70. The summed E-state index contributed by atoms with van der Waals surface area (Å²) < 4.78 is 15.7. The normalized spacial score (nSPS) is 12.0. The van der Waals surface area contributed by atoms with E-state index in [9.17, 15) is 0 Å². The van der Waals surface area contributed by atoms with Crippen LogP contribution in [0.5, 0.6) is 0 Å². The topological polar surface area (TPSA) is 27.7 Å². The fourth-order valence-electron chi connectivity index (χ4n) is 1.33. The molecular weight excluding hydrogens is 343 g/mol. The first-order chi connectivity index (χ1) is 8.80. The summed E-state index contributed by atoms with van der Waals surface area (Å²) in [5, 5.41) is 0. The smallest absolute Gasteiger partial charge is 0.377 e. The first-order valence-corrected chi connectivity index (χ1v) is 13.7. The van der Waals surface area contributed by atoms with Crippen LogP contribution in [-0.4, -0.2) is 36.1 Å². The molecule has 0 atom stereocenters. The summed E-state index contributed by atoms with van der Waals surface area (Å²) in [4.78, 5) is 0. The number of halogens is 3. The van der Waals surface area contributed by atoms with E-state index in [1.54, 1.807) is 21.3 Å². The lowest BCUT2D eigenvalue weighted by atomic mass is 10.4. The predicted octanol–water partition coefficient (Wildman–Crippen LogP) is 5.11. The molecule has 0 aliphatic heterocycles. The molecule has 0 spiro atoms. The fourth-order valence-corrected chi connectivity index (χ4v) is 5.18. The average molecular weight is 370 g/mol. The van der Waals surface area contributed by atoms with E-state index < -0.39 is 14.8 Å². The van der Waals surface area contributed by atoms with Crippen molar-refractivity contribution >= 4 is 48.0 Å². The second-order valence-corrected chi connectivity index (χ2v) is 16.5. The second kappa shape index (κ2) is 12.9. The lowest BCUT2D eigenvalue weighted by molar-refractivity contribution is 0.123. The Morgan fingerprint density at radius 3 is 1.32 bits per heavy atom. The molecular formula is C11H27Cl3O3Si2. The minimum atomic E-state index is -2.26.